The molecule has 0 aliphatic heterocycles. The zero-order valence-corrected chi connectivity index (χ0v) is 16.5. The minimum Gasteiger partial charge on any atom is -0.286 e. The van der Waals surface area contributed by atoms with Gasteiger partial charge in [0.1, 0.15) is 0 Å². The second-order valence-corrected chi connectivity index (χ2v) is 8.09. The summed E-state index contributed by atoms with van der Waals surface area (Å²) < 4.78 is 2.28. The molecular weight excluding hydrogens is 526 g/mol. The van der Waals surface area contributed by atoms with Gasteiger partial charge in [-0.15, -0.1) is 0 Å². The van der Waals surface area contributed by atoms with Crippen LogP contribution in [0.1, 0.15) is 0 Å². The third kappa shape index (κ3) is 1.75. The van der Waals surface area contributed by atoms with Crippen molar-refractivity contribution < 1.29 is 0 Å². The molecule has 0 spiro atoms. The molecule has 2 aliphatic rings. The number of hydrogen-bond acceptors (Lipinski definition) is 2. The topological polar surface area (TPSA) is 34.1 Å². The van der Waals surface area contributed by atoms with Crippen molar-refractivity contribution in [2.24, 2.45) is 0 Å². The molecule has 5 rings (SSSR count). The van der Waals surface area contributed by atoms with E-state index in [1.54, 1.807) is 6.07 Å². The lowest BCUT2D eigenvalue weighted by molar-refractivity contribution is 1.49. The lowest BCUT2D eigenvalue weighted by atomic mass is 10.0. The SMILES string of the molecule is O=c1ccc2c3c(I)c4cc5ccccc5c4c(I)c3cc-2c1=O. The maximum Gasteiger partial charge on any atom is 0.233 e. The first-order chi connectivity index (χ1) is 11.6. The molecule has 0 unspecified atom stereocenters. The first-order valence-corrected chi connectivity index (χ1v) is 9.59. The molecule has 3 aromatic carbocycles. The van der Waals surface area contributed by atoms with Gasteiger partial charge in [0.15, 0.2) is 0 Å². The standard InChI is InChI=1S/C20H8I2O2/c21-18-13-7-9-3-1-2-4-10(9)16(13)19(22)14-8-12-11(17(14)18)5-6-15(23)20(12)24/h1-8H. The summed E-state index contributed by atoms with van der Waals surface area (Å²) in [7, 11) is 0. The molecule has 0 fully saturated rings. The van der Waals surface area contributed by atoms with Crippen molar-refractivity contribution in [3.63, 3.8) is 0 Å². The fourth-order valence-corrected chi connectivity index (χ4v) is 5.63. The molecule has 24 heavy (non-hydrogen) atoms. The first-order valence-electron chi connectivity index (χ1n) is 7.43. The lowest BCUT2D eigenvalue weighted by Crippen LogP contribution is -2.23. The first kappa shape index (κ1) is 14.8. The van der Waals surface area contributed by atoms with Crippen LogP contribution in [-0.2, 0) is 0 Å². The summed E-state index contributed by atoms with van der Waals surface area (Å²) in [5.74, 6) is 0. The monoisotopic (exact) mass is 534 g/mol. The summed E-state index contributed by atoms with van der Waals surface area (Å²) >= 11 is 4.74. The van der Waals surface area contributed by atoms with Crippen LogP contribution in [0.2, 0.25) is 0 Å². The van der Waals surface area contributed by atoms with Gasteiger partial charge in [-0.3, -0.25) is 9.59 Å². The molecule has 0 N–H and O–H groups in total. The molecule has 4 heteroatoms. The van der Waals surface area contributed by atoms with Gasteiger partial charge in [0, 0.05) is 23.5 Å². The third-order valence-corrected chi connectivity index (χ3v) is 6.94. The average molecular weight is 534 g/mol. The fourth-order valence-electron chi connectivity index (χ4n) is 3.61. The smallest absolute Gasteiger partial charge is 0.233 e. The molecule has 0 saturated heterocycles. The van der Waals surface area contributed by atoms with Crippen molar-refractivity contribution in [1.82, 2.24) is 0 Å². The largest absolute Gasteiger partial charge is 0.286 e. The van der Waals surface area contributed by atoms with Gasteiger partial charge in [0.25, 0.3) is 0 Å². The molecule has 0 heterocycles. The number of rotatable bonds is 0. The van der Waals surface area contributed by atoms with Gasteiger partial charge in [0.2, 0.25) is 10.9 Å². The van der Waals surface area contributed by atoms with E-state index in [2.05, 4.69) is 75.5 Å². The van der Waals surface area contributed by atoms with Crippen molar-refractivity contribution in [2.45, 2.75) is 0 Å². The highest BCUT2D eigenvalue weighted by Gasteiger charge is 2.22. The Morgan fingerprint density at radius 3 is 2.21 bits per heavy atom. The average Bonchev–Trinajstić information content (AvgIpc) is 3.16. The number of hydrogen-bond donors (Lipinski definition) is 0. The number of benzene rings is 3. The molecule has 0 bridgehead atoms. The molecule has 2 nitrogen and oxygen atoms in total. The second-order valence-electron chi connectivity index (χ2n) is 5.94. The lowest BCUT2D eigenvalue weighted by Gasteiger charge is -2.05. The maximum absolute atomic E-state index is 12.2. The van der Waals surface area contributed by atoms with Crippen molar-refractivity contribution in [1.29, 1.82) is 0 Å². The maximum atomic E-state index is 12.2. The zero-order valence-electron chi connectivity index (χ0n) is 12.2. The highest BCUT2D eigenvalue weighted by atomic mass is 127. The van der Waals surface area contributed by atoms with E-state index in [4.69, 9.17) is 0 Å². The molecule has 2 aliphatic carbocycles. The van der Waals surface area contributed by atoms with Crippen molar-refractivity contribution in [3.8, 4) is 11.1 Å². The Kier molecular flexibility index (Phi) is 3.07. The highest BCUT2D eigenvalue weighted by Crippen LogP contribution is 2.44. The van der Waals surface area contributed by atoms with Crippen LogP contribution in [0.25, 0.3) is 43.4 Å². The van der Waals surface area contributed by atoms with E-state index in [1.165, 1.54) is 27.6 Å². The molecule has 114 valence electrons. The minimum absolute atomic E-state index is 0.403. The Labute approximate surface area is 163 Å². The molecule has 3 aromatic rings. The summed E-state index contributed by atoms with van der Waals surface area (Å²) in [6, 6.07) is 15.6. The van der Waals surface area contributed by atoms with Crippen LogP contribution >= 0.6 is 45.2 Å². The van der Waals surface area contributed by atoms with Gasteiger partial charge in [0.05, 0.1) is 0 Å². The van der Waals surface area contributed by atoms with Crippen LogP contribution in [0.5, 0.6) is 0 Å². The Morgan fingerprint density at radius 1 is 0.667 bits per heavy atom. The second kappa shape index (κ2) is 4.98. The van der Waals surface area contributed by atoms with Gasteiger partial charge < -0.3 is 0 Å². The Bertz CT molecular complexity index is 1360. The van der Waals surface area contributed by atoms with Gasteiger partial charge in [-0.2, -0.15) is 0 Å². The molecule has 0 aromatic heterocycles. The minimum atomic E-state index is -0.438. The van der Waals surface area contributed by atoms with Crippen LogP contribution in [0, 0.1) is 7.14 Å². The fraction of sp³-hybridized carbons (Fsp3) is 0. The van der Waals surface area contributed by atoms with E-state index >= 15 is 0 Å². The summed E-state index contributed by atoms with van der Waals surface area (Å²) in [6.45, 7) is 0. The summed E-state index contributed by atoms with van der Waals surface area (Å²) in [4.78, 5) is 24.0. The van der Waals surface area contributed by atoms with E-state index in [0.717, 1.165) is 23.5 Å². The molecule has 0 radical (unpaired) electrons. The Morgan fingerprint density at radius 2 is 1.38 bits per heavy atom. The van der Waals surface area contributed by atoms with Crippen LogP contribution in [0.3, 0.4) is 0 Å². The predicted octanol–water partition coefficient (Wildman–Crippen LogP) is 5.06. The summed E-state index contributed by atoms with van der Waals surface area (Å²) in [5.41, 5.74) is 0.571. The number of halogens is 2. The van der Waals surface area contributed by atoms with Crippen LogP contribution in [-0.4, -0.2) is 0 Å². The van der Waals surface area contributed by atoms with Gasteiger partial charge >= 0.3 is 0 Å². The highest BCUT2D eigenvalue weighted by molar-refractivity contribution is 14.1. The van der Waals surface area contributed by atoms with Crippen LogP contribution in [0.15, 0.2) is 58.1 Å². The quantitative estimate of drug-likeness (QED) is 0.206. The normalized spacial score (nSPS) is 12.1. The summed E-state index contributed by atoms with van der Waals surface area (Å²) in [5, 5.41) is 7.03. The molecule has 0 atom stereocenters. The van der Waals surface area contributed by atoms with E-state index in [1.807, 2.05) is 6.07 Å². The number of fused-ring (bicyclic) bond motifs is 6. The Hall–Kier alpha value is -1.54. The Balaban J connectivity index is 2.14. The van der Waals surface area contributed by atoms with E-state index < -0.39 is 10.9 Å². The van der Waals surface area contributed by atoms with Crippen molar-refractivity contribution >= 4 is 77.5 Å². The molecule has 0 amide bonds. The zero-order chi connectivity index (χ0) is 16.6. The van der Waals surface area contributed by atoms with Crippen molar-refractivity contribution in [2.75, 3.05) is 0 Å². The van der Waals surface area contributed by atoms with Gasteiger partial charge in [-0.05, 0) is 96.6 Å². The third-order valence-electron chi connectivity index (χ3n) is 4.70. The van der Waals surface area contributed by atoms with Crippen molar-refractivity contribution in [3.05, 3.63) is 76.1 Å². The van der Waals surface area contributed by atoms with Crippen LogP contribution < -0.4 is 10.9 Å². The van der Waals surface area contributed by atoms with E-state index in [9.17, 15) is 9.59 Å². The van der Waals surface area contributed by atoms with E-state index in [0.29, 0.717) is 5.56 Å². The van der Waals surface area contributed by atoms with Crippen LogP contribution in [0.4, 0.5) is 0 Å². The molecule has 0 saturated carbocycles. The molecular formula is C20H8I2O2. The van der Waals surface area contributed by atoms with Gasteiger partial charge in [-0.1, -0.05) is 24.3 Å². The summed E-state index contributed by atoms with van der Waals surface area (Å²) in [6.07, 6.45) is 0. The van der Waals surface area contributed by atoms with Gasteiger partial charge in [-0.25, -0.2) is 0 Å². The predicted molar refractivity (Wildman–Crippen MR) is 116 cm³/mol. The van der Waals surface area contributed by atoms with E-state index in [-0.39, 0.29) is 0 Å².